The second kappa shape index (κ2) is 7.42. The van der Waals surface area contributed by atoms with E-state index >= 15 is 0 Å². The molecule has 3 rings (SSSR count). The molecular weight excluding hydrogens is 348 g/mol. The van der Waals surface area contributed by atoms with E-state index in [0.29, 0.717) is 18.0 Å². The van der Waals surface area contributed by atoms with Crippen molar-refractivity contribution in [3.05, 3.63) is 29.3 Å². The minimum Gasteiger partial charge on any atom is -0.353 e. The third-order valence-corrected chi connectivity index (χ3v) is 6.99. The van der Waals surface area contributed by atoms with E-state index < -0.39 is 10.0 Å². The predicted octanol–water partition coefficient (Wildman–Crippen LogP) is 2.80. The van der Waals surface area contributed by atoms with E-state index in [1.54, 1.807) is 18.2 Å². The number of nitrogens with one attached hydrogen (secondary N) is 1. The molecule has 1 amide bonds. The predicted molar refractivity (Wildman–Crippen MR) is 93.3 cm³/mol. The maximum Gasteiger partial charge on any atom is 0.243 e. The Morgan fingerprint density at radius 1 is 1.17 bits per heavy atom. The summed E-state index contributed by atoms with van der Waals surface area (Å²) in [6.45, 7) is 0.690. The Kier molecular flexibility index (Phi) is 5.47. The molecule has 0 spiro atoms. The highest BCUT2D eigenvalue weighted by atomic mass is 35.5. The molecule has 0 bridgehead atoms. The summed E-state index contributed by atoms with van der Waals surface area (Å²) in [5.74, 6) is -0.277. The summed E-state index contributed by atoms with van der Waals surface area (Å²) in [7, 11) is -3.61. The smallest absolute Gasteiger partial charge is 0.243 e. The number of rotatable bonds is 4. The number of carbonyl (C=O) groups excluding carboxylic acids is 1. The molecule has 132 valence electrons. The topological polar surface area (TPSA) is 66.5 Å². The van der Waals surface area contributed by atoms with Gasteiger partial charge >= 0.3 is 0 Å². The van der Waals surface area contributed by atoms with E-state index in [1.807, 2.05) is 0 Å². The number of benzene rings is 1. The number of nitrogens with zero attached hydrogens (tertiary/aromatic N) is 1. The molecule has 1 atom stereocenters. The largest absolute Gasteiger partial charge is 0.353 e. The van der Waals surface area contributed by atoms with Gasteiger partial charge in [-0.25, -0.2) is 8.42 Å². The normalized spacial score (nSPS) is 23.3. The fourth-order valence-electron chi connectivity index (χ4n) is 3.54. The number of carbonyl (C=O) groups is 1. The third kappa shape index (κ3) is 3.92. The summed E-state index contributed by atoms with van der Waals surface area (Å²) in [5.41, 5.74) is 0. The van der Waals surface area contributed by atoms with Crippen LogP contribution < -0.4 is 5.32 Å². The molecular formula is C17H23ClN2O3S. The molecule has 1 aromatic carbocycles. The van der Waals surface area contributed by atoms with Gasteiger partial charge in [0.25, 0.3) is 0 Å². The van der Waals surface area contributed by atoms with Crippen LogP contribution in [-0.2, 0) is 14.8 Å². The van der Waals surface area contributed by atoms with Crippen LogP contribution in [0.1, 0.15) is 38.5 Å². The summed E-state index contributed by atoms with van der Waals surface area (Å²) in [4.78, 5) is 12.7. The molecule has 1 unspecified atom stereocenters. The zero-order chi connectivity index (χ0) is 17.2. The maximum atomic E-state index is 12.8. The van der Waals surface area contributed by atoms with Crippen LogP contribution in [0, 0.1) is 5.92 Å². The highest BCUT2D eigenvalue weighted by molar-refractivity contribution is 7.89. The summed E-state index contributed by atoms with van der Waals surface area (Å²) < 4.78 is 27.0. The standard InChI is InChI=1S/C17H23ClN2O3S/c18-14-6-3-9-16(11-14)24(22,23)20-10-4-5-13(12-20)17(21)19-15-7-1-2-8-15/h3,6,9,11,13,15H,1-2,4-5,7-8,10,12H2,(H,19,21). The lowest BCUT2D eigenvalue weighted by atomic mass is 9.98. The van der Waals surface area contributed by atoms with Crippen LogP contribution in [0.15, 0.2) is 29.2 Å². The van der Waals surface area contributed by atoms with Gasteiger partial charge in [0.15, 0.2) is 0 Å². The molecule has 24 heavy (non-hydrogen) atoms. The van der Waals surface area contributed by atoms with Crippen molar-refractivity contribution in [3.63, 3.8) is 0 Å². The molecule has 0 radical (unpaired) electrons. The van der Waals surface area contributed by atoms with Gasteiger partial charge in [-0.3, -0.25) is 4.79 Å². The first-order chi connectivity index (χ1) is 11.5. The number of piperidine rings is 1. The van der Waals surface area contributed by atoms with E-state index in [4.69, 9.17) is 11.6 Å². The van der Waals surface area contributed by atoms with Crippen molar-refractivity contribution in [1.82, 2.24) is 9.62 Å². The van der Waals surface area contributed by atoms with Gasteiger partial charge in [0.2, 0.25) is 15.9 Å². The lowest BCUT2D eigenvalue weighted by Gasteiger charge is -2.31. The van der Waals surface area contributed by atoms with Crippen molar-refractivity contribution in [1.29, 1.82) is 0 Å². The molecule has 5 nitrogen and oxygen atoms in total. The third-order valence-electron chi connectivity index (χ3n) is 4.89. The second-order valence-electron chi connectivity index (χ2n) is 6.65. The van der Waals surface area contributed by atoms with Crippen molar-refractivity contribution in [2.45, 2.75) is 49.5 Å². The summed E-state index contributed by atoms with van der Waals surface area (Å²) >= 11 is 5.92. The van der Waals surface area contributed by atoms with Gasteiger partial charge in [-0.2, -0.15) is 4.31 Å². The molecule has 1 aliphatic carbocycles. The molecule has 7 heteroatoms. The van der Waals surface area contributed by atoms with Gasteiger partial charge in [-0.15, -0.1) is 0 Å². The van der Waals surface area contributed by atoms with Crippen LogP contribution in [0.3, 0.4) is 0 Å². The van der Waals surface area contributed by atoms with Crippen LogP contribution in [0.5, 0.6) is 0 Å². The Hall–Kier alpha value is -1.11. The minimum atomic E-state index is -3.61. The summed E-state index contributed by atoms with van der Waals surface area (Å²) in [5, 5.41) is 3.48. The molecule has 1 saturated carbocycles. The van der Waals surface area contributed by atoms with Gasteiger partial charge in [-0.1, -0.05) is 30.5 Å². The van der Waals surface area contributed by atoms with E-state index in [0.717, 1.165) is 32.1 Å². The van der Waals surface area contributed by atoms with Gasteiger partial charge in [0.05, 0.1) is 10.8 Å². The Bertz CT molecular complexity index is 702. The first kappa shape index (κ1) is 17.7. The molecule has 1 N–H and O–H groups in total. The molecule has 1 aliphatic heterocycles. The second-order valence-corrected chi connectivity index (χ2v) is 9.02. The summed E-state index contributed by atoms with van der Waals surface area (Å²) in [6.07, 6.45) is 5.81. The van der Waals surface area contributed by atoms with E-state index in [2.05, 4.69) is 5.32 Å². The molecule has 1 aromatic rings. The quantitative estimate of drug-likeness (QED) is 0.886. The molecule has 1 saturated heterocycles. The van der Waals surface area contributed by atoms with E-state index in [1.165, 1.54) is 10.4 Å². The lowest BCUT2D eigenvalue weighted by molar-refractivity contribution is -0.126. The van der Waals surface area contributed by atoms with Crippen molar-refractivity contribution in [3.8, 4) is 0 Å². The average molecular weight is 371 g/mol. The first-order valence-electron chi connectivity index (χ1n) is 8.53. The van der Waals surface area contributed by atoms with Gasteiger partial charge in [-0.05, 0) is 43.9 Å². The zero-order valence-electron chi connectivity index (χ0n) is 13.6. The van der Waals surface area contributed by atoms with Crippen LogP contribution in [0.25, 0.3) is 0 Å². The molecule has 1 heterocycles. The Labute approximate surface area is 148 Å². The molecule has 2 aliphatic rings. The number of halogens is 1. The van der Waals surface area contributed by atoms with E-state index in [-0.39, 0.29) is 29.3 Å². The number of hydrogen-bond acceptors (Lipinski definition) is 3. The first-order valence-corrected chi connectivity index (χ1v) is 10.3. The molecule has 2 fully saturated rings. The SMILES string of the molecule is O=C(NC1CCCC1)C1CCCN(S(=O)(=O)c2cccc(Cl)c2)C1. The lowest BCUT2D eigenvalue weighted by Crippen LogP contribution is -2.47. The van der Waals surface area contributed by atoms with Gasteiger partial charge in [0.1, 0.15) is 0 Å². The average Bonchev–Trinajstić information content (AvgIpc) is 3.08. The monoisotopic (exact) mass is 370 g/mol. The Balaban J connectivity index is 1.69. The minimum absolute atomic E-state index is 0.00658. The van der Waals surface area contributed by atoms with Crippen molar-refractivity contribution in [2.75, 3.05) is 13.1 Å². The molecule has 0 aromatic heterocycles. The van der Waals surface area contributed by atoms with Crippen LogP contribution in [-0.4, -0.2) is 37.8 Å². The Morgan fingerprint density at radius 3 is 2.62 bits per heavy atom. The van der Waals surface area contributed by atoms with E-state index in [9.17, 15) is 13.2 Å². The van der Waals surface area contributed by atoms with Crippen molar-refractivity contribution < 1.29 is 13.2 Å². The van der Waals surface area contributed by atoms with Gasteiger partial charge < -0.3 is 5.32 Å². The fourth-order valence-corrected chi connectivity index (χ4v) is 5.37. The van der Waals surface area contributed by atoms with Gasteiger partial charge in [0, 0.05) is 24.2 Å². The summed E-state index contributed by atoms with van der Waals surface area (Å²) in [6, 6.07) is 6.54. The number of amides is 1. The zero-order valence-corrected chi connectivity index (χ0v) is 15.2. The number of sulfonamides is 1. The highest BCUT2D eigenvalue weighted by Crippen LogP contribution is 2.26. The fraction of sp³-hybridized carbons (Fsp3) is 0.588. The van der Waals surface area contributed by atoms with Crippen molar-refractivity contribution >= 4 is 27.5 Å². The maximum absolute atomic E-state index is 12.8. The number of hydrogen-bond donors (Lipinski definition) is 1. The highest BCUT2D eigenvalue weighted by Gasteiger charge is 2.34. The van der Waals surface area contributed by atoms with Crippen molar-refractivity contribution in [2.24, 2.45) is 5.92 Å². The van der Waals surface area contributed by atoms with Crippen LogP contribution in [0.4, 0.5) is 0 Å². The van der Waals surface area contributed by atoms with Crippen LogP contribution in [0.2, 0.25) is 5.02 Å². The van der Waals surface area contributed by atoms with Crippen LogP contribution >= 0.6 is 11.6 Å². The Morgan fingerprint density at radius 2 is 1.92 bits per heavy atom.